The lowest BCUT2D eigenvalue weighted by atomic mass is 10.3. The number of imidazole rings is 1. The van der Waals surface area contributed by atoms with Gasteiger partial charge in [0.05, 0.1) is 24.0 Å². The van der Waals surface area contributed by atoms with Crippen molar-refractivity contribution in [2.45, 2.75) is 5.88 Å². The van der Waals surface area contributed by atoms with Crippen LogP contribution in [0.15, 0.2) is 24.4 Å². The number of alkyl halides is 1. The van der Waals surface area contributed by atoms with Crippen LogP contribution in [0.5, 0.6) is 5.75 Å². The minimum atomic E-state index is -0.452. The van der Waals surface area contributed by atoms with Crippen molar-refractivity contribution in [1.29, 1.82) is 0 Å². The normalized spacial score (nSPS) is 11.2. The zero-order chi connectivity index (χ0) is 14.3. The highest BCUT2D eigenvalue weighted by Crippen LogP contribution is 2.28. The van der Waals surface area contributed by atoms with Crippen molar-refractivity contribution in [3.05, 3.63) is 36.0 Å². The van der Waals surface area contributed by atoms with Crippen LogP contribution in [-0.4, -0.2) is 26.4 Å². The molecule has 2 heterocycles. The lowest BCUT2D eigenvalue weighted by molar-refractivity contribution is 0.387. The Hall–Kier alpha value is -2.08. The smallest absolute Gasteiger partial charge is 0.167 e. The first kappa shape index (κ1) is 12.9. The molecule has 5 nitrogen and oxygen atoms in total. The van der Waals surface area contributed by atoms with Gasteiger partial charge in [-0.05, 0) is 0 Å². The molecule has 3 rings (SSSR count). The van der Waals surface area contributed by atoms with Crippen LogP contribution < -0.4 is 4.74 Å². The van der Waals surface area contributed by atoms with Gasteiger partial charge < -0.3 is 4.74 Å². The van der Waals surface area contributed by atoms with Crippen molar-refractivity contribution in [1.82, 2.24) is 19.3 Å². The summed E-state index contributed by atoms with van der Waals surface area (Å²) in [4.78, 5) is 4.34. The van der Waals surface area contributed by atoms with Crippen LogP contribution in [0.25, 0.3) is 16.9 Å². The molecule has 0 saturated carbocycles. The van der Waals surface area contributed by atoms with E-state index < -0.39 is 5.82 Å². The highest BCUT2D eigenvalue weighted by atomic mass is 35.5. The predicted octanol–water partition coefficient (Wildman–Crippen LogP) is 2.65. The second kappa shape index (κ2) is 4.79. The first-order valence-corrected chi connectivity index (χ1v) is 6.48. The Morgan fingerprint density at radius 3 is 2.80 bits per heavy atom. The van der Waals surface area contributed by atoms with Gasteiger partial charge in [-0.1, -0.05) is 0 Å². The molecular formula is C13H12ClFN4O. The second-order valence-corrected chi connectivity index (χ2v) is 4.59. The summed E-state index contributed by atoms with van der Waals surface area (Å²) in [5.41, 5.74) is 1.22. The number of methoxy groups -OCH3 is 1. The molecule has 0 atom stereocenters. The number of aryl methyl sites for hydroxylation is 1. The Bertz CT molecular complexity index is 780. The molecule has 0 bridgehead atoms. The molecule has 0 aliphatic rings. The minimum absolute atomic E-state index is 0.163. The standard InChI is InChI=1S/C13H12ClFN4O/c1-18-4-3-12(17-18)19-10-6-11(20-2)8(15)5-9(10)16-13(19)7-14/h3-6H,7H2,1-2H3. The zero-order valence-corrected chi connectivity index (χ0v) is 11.7. The van der Waals surface area contributed by atoms with Gasteiger partial charge in [-0.2, -0.15) is 5.10 Å². The summed E-state index contributed by atoms with van der Waals surface area (Å²) in [6.45, 7) is 0. The molecule has 20 heavy (non-hydrogen) atoms. The van der Waals surface area contributed by atoms with Crippen molar-refractivity contribution in [3.8, 4) is 11.6 Å². The fourth-order valence-electron chi connectivity index (χ4n) is 2.15. The molecule has 0 N–H and O–H groups in total. The summed E-state index contributed by atoms with van der Waals surface area (Å²) < 4.78 is 22.2. The van der Waals surface area contributed by atoms with E-state index in [4.69, 9.17) is 16.3 Å². The quantitative estimate of drug-likeness (QED) is 0.698. The van der Waals surface area contributed by atoms with Crippen molar-refractivity contribution in [2.24, 2.45) is 7.05 Å². The highest BCUT2D eigenvalue weighted by Gasteiger charge is 2.16. The molecule has 7 heteroatoms. The van der Waals surface area contributed by atoms with Gasteiger partial charge in [0.1, 0.15) is 5.82 Å². The summed E-state index contributed by atoms with van der Waals surface area (Å²) in [6.07, 6.45) is 1.82. The highest BCUT2D eigenvalue weighted by molar-refractivity contribution is 6.17. The van der Waals surface area contributed by atoms with Gasteiger partial charge in [0, 0.05) is 31.4 Å². The molecule has 0 unspecified atom stereocenters. The largest absolute Gasteiger partial charge is 0.494 e. The van der Waals surface area contributed by atoms with Gasteiger partial charge in [-0.3, -0.25) is 9.25 Å². The maximum absolute atomic E-state index is 13.7. The van der Waals surface area contributed by atoms with Gasteiger partial charge in [0.15, 0.2) is 17.4 Å². The van der Waals surface area contributed by atoms with Crippen molar-refractivity contribution < 1.29 is 9.13 Å². The molecule has 0 amide bonds. The van der Waals surface area contributed by atoms with Crippen molar-refractivity contribution in [2.75, 3.05) is 7.11 Å². The van der Waals surface area contributed by atoms with E-state index in [-0.39, 0.29) is 11.6 Å². The fourth-order valence-corrected chi connectivity index (χ4v) is 2.33. The number of hydrogen-bond donors (Lipinski definition) is 0. The molecular weight excluding hydrogens is 283 g/mol. The number of aromatic nitrogens is 4. The third-order valence-electron chi connectivity index (χ3n) is 3.05. The lowest BCUT2D eigenvalue weighted by Crippen LogP contribution is -2.01. The number of nitrogens with zero attached hydrogens (tertiary/aromatic N) is 4. The average molecular weight is 295 g/mol. The van der Waals surface area contributed by atoms with Gasteiger partial charge >= 0.3 is 0 Å². The van der Waals surface area contributed by atoms with E-state index in [1.807, 2.05) is 19.3 Å². The molecule has 104 valence electrons. The van der Waals surface area contributed by atoms with Gasteiger partial charge in [0.25, 0.3) is 0 Å². The number of hydrogen-bond acceptors (Lipinski definition) is 3. The summed E-state index contributed by atoms with van der Waals surface area (Å²) >= 11 is 5.93. The van der Waals surface area contributed by atoms with E-state index in [9.17, 15) is 4.39 Å². The maximum atomic E-state index is 13.7. The Labute approximate surface area is 119 Å². The fraction of sp³-hybridized carbons (Fsp3) is 0.231. The molecule has 2 aromatic heterocycles. The molecule has 1 aromatic carbocycles. The number of ether oxygens (including phenoxy) is 1. The van der Waals surface area contributed by atoms with E-state index in [0.29, 0.717) is 22.7 Å². The Kier molecular flexibility index (Phi) is 3.10. The van der Waals surface area contributed by atoms with Gasteiger partial charge in [-0.25, -0.2) is 9.37 Å². The average Bonchev–Trinajstić information content (AvgIpc) is 3.00. The topological polar surface area (TPSA) is 44.9 Å². The predicted molar refractivity (Wildman–Crippen MR) is 73.9 cm³/mol. The minimum Gasteiger partial charge on any atom is -0.494 e. The van der Waals surface area contributed by atoms with E-state index in [2.05, 4.69) is 10.1 Å². The molecule has 0 aliphatic heterocycles. The van der Waals surface area contributed by atoms with E-state index in [1.54, 1.807) is 15.3 Å². The molecule has 0 spiro atoms. The molecule has 3 aromatic rings. The number of rotatable bonds is 3. The maximum Gasteiger partial charge on any atom is 0.167 e. The summed E-state index contributed by atoms with van der Waals surface area (Å²) in [5.74, 6) is 1.20. The molecule has 0 aliphatic carbocycles. The third kappa shape index (κ3) is 1.92. The second-order valence-electron chi connectivity index (χ2n) is 4.32. The SMILES string of the molecule is COc1cc2c(cc1F)nc(CCl)n2-c1ccn(C)n1. The van der Waals surface area contributed by atoms with E-state index in [1.165, 1.54) is 13.2 Å². The summed E-state index contributed by atoms with van der Waals surface area (Å²) in [5, 5.41) is 4.34. The number of benzene rings is 1. The summed E-state index contributed by atoms with van der Waals surface area (Å²) in [6, 6.07) is 4.78. The number of fused-ring (bicyclic) bond motifs is 1. The van der Waals surface area contributed by atoms with Gasteiger partial charge in [-0.15, -0.1) is 11.6 Å². The molecule has 0 radical (unpaired) electrons. The van der Waals surface area contributed by atoms with Crippen LogP contribution in [0, 0.1) is 5.82 Å². The zero-order valence-electron chi connectivity index (χ0n) is 11.0. The van der Waals surface area contributed by atoms with Crippen LogP contribution in [0.2, 0.25) is 0 Å². The summed E-state index contributed by atoms with van der Waals surface area (Å²) in [7, 11) is 3.25. The Morgan fingerprint density at radius 2 is 2.20 bits per heavy atom. The monoisotopic (exact) mass is 294 g/mol. The van der Waals surface area contributed by atoms with Crippen LogP contribution in [-0.2, 0) is 12.9 Å². The van der Waals surface area contributed by atoms with Crippen LogP contribution in [0.1, 0.15) is 5.82 Å². The van der Waals surface area contributed by atoms with E-state index in [0.717, 1.165) is 0 Å². The van der Waals surface area contributed by atoms with Crippen LogP contribution in [0.3, 0.4) is 0 Å². The third-order valence-corrected chi connectivity index (χ3v) is 3.28. The lowest BCUT2D eigenvalue weighted by Gasteiger charge is -2.05. The Balaban J connectivity index is 2.33. The Morgan fingerprint density at radius 1 is 1.40 bits per heavy atom. The van der Waals surface area contributed by atoms with E-state index >= 15 is 0 Å². The van der Waals surface area contributed by atoms with Gasteiger partial charge in [0.2, 0.25) is 0 Å². The number of halogens is 2. The molecule has 0 saturated heterocycles. The van der Waals surface area contributed by atoms with Crippen LogP contribution in [0.4, 0.5) is 4.39 Å². The van der Waals surface area contributed by atoms with Crippen molar-refractivity contribution >= 4 is 22.6 Å². The first-order chi connectivity index (χ1) is 9.63. The first-order valence-electron chi connectivity index (χ1n) is 5.95. The van der Waals surface area contributed by atoms with Crippen LogP contribution >= 0.6 is 11.6 Å². The van der Waals surface area contributed by atoms with Crippen molar-refractivity contribution in [3.63, 3.8) is 0 Å². The molecule has 0 fully saturated rings.